The highest BCUT2D eigenvalue weighted by Gasteiger charge is 2.47. The lowest BCUT2D eigenvalue weighted by atomic mass is 9.66. The Morgan fingerprint density at radius 1 is 1.31 bits per heavy atom. The molecule has 0 saturated carbocycles. The molecule has 7 atom stereocenters. The number of hydrazine groups is 1. The van der Waals surface area contributed by atoms with E-state index < -0.39 is 24.3 Å². The van der Waals surface area contributed by atoms with E-state index in [0.717, 1.165) is 58.3 Å². The maximum atomic E-state index is 14.4. The van der Waals surface area contributed by atoms with E-state index in [1.165, 1.54) is 6.21 Å². The highest BCUT2D eigenvalue weighted by Crippen LogP contribution is 2.44. The van der Waals surface area contributed by atoms with Crippen molar-refractivity contribution in [2.45, 2.75) is 89.3 Å². The van der Waals surface area contributed by atoms with E-state index in [2.05, 4.69) is 58.9 Å². The van der Waals surface area contributed by atoms with Crippen molar-refractivity contribution in [3.63, 3.8) is 0 Å². The topological polar surface area (TPSA) is 124 Å². The third kappa shape index (κ3) is 7.23. The first kappa shape index (κ1) is 29.4. The fraction of sp³-hybridized carbons (Fsp3) is 0.923. The molecule has 9 nitrogen and oxygen atoms in total. The number of nitrogens with two attached hydrogens (primary N) is 2. The number of halogens is 1. The van der Waals surface area contributed by atoms with Gasteiger partial charge in [0, 0.05) is 31.9 Å². The van der Waals surface area contributed by atoms with Gasteiger partial charge in [0.2, 0.25) is 5.91 Å². The van der Waals surface area contributed by atoms with Crippen LogP contribution in [0.25, 0.3) is 0 Å². The maximum Gasteiger partial charge on any atom is 0.228 e. The zero-order chi connectivity index (χ0) is 26.3. The Kier molecular flexibility index (Phi) is 11.1. The fourth-order valence-electron chi connectivity index (χ4n) is 6.51. The van der Waals surface area contributed by atoms with E-state index in [1.807, 2.05) is 0 Å². The van der Waals surface area contributed by atoms with Crippen LogP contribution in [0, 0.1) is 17.3 Å². The number of rotatable bonds is 11. The summed E-state index contributed by atoms with van der Waals surface area (Å²) in [4.78, 5) is 20.7. The number of alkyl halides is 1. The van der Waals surface area contributed by atoms with Crippen LogP contribution in [0.2, 0.25) is 0 Å². The SMILES string of the molecule is CCCC1(CC)CCC(F)C=NC1C(C(=O)NC1CNCCC1N1CC(CCN(C)C)CN1)C(N)N. The summed E-state index contributed by atoms with van der Waals surface area (Å²) in [5.74, 6) is -0.280. The number of amides is 1. The van der Waals surface area contributed by atoms with E-state index in [1.54, 1.807) is 0 Å². The number of piperidine rings is 1. The van der Waals surface area contributed by atoms with Gasteiger partial charge in [0.1, 0.15) is 6.17 Å². The molecule has 1 amide bonds. The first-order chi connectivity index (χ1) is 17.2. The van der Waals surface area contributed by atoms with E-state index in [4.69, 9.17) is 11.5 Å². The van der Waals surface area contributed by atoms with Gasteiger partial charge in [-0.25, -0.2) is 9.40 Å². The van der Waals surface area contributed by atoms with Crippen molar-refractivity contribution in [3.8, 4) is 0 Å². The zero-order valence-corrected chi connectivity index (χ0v) is 22.9. The van der Waals surface area contributed by atoms with Crippen molar-refractivity contribution >= 4 is 12.1 Å². The summed E-state index contributed by atoms with van der Waals surface area (Å²) in [6.07, 6.45) is 5.23. The Morgan fingerprint density at radius 3 is 2.75 bits per heavy atom. The highest BCUT2D eigenvalue weighted by atomic mass is 19.1. The average Bonchev–Trinajstić information content (AvgIpc) is 3.26. The molecule has 2 saturated heterocycles. The van der Waals surface area contributed by atoms with Gasteiger partial charge >= 0.3 is 0 Å². The van der Waals surface area contributed by atoms with Gasteiger partial charge in [-0.1, -0.05) is 20.3 Å². The van der Waals surface area contributed by atoms with Gasteiger partial charge < -0.3 is 27.0 Å². The first-order valence-corrected chi connectivity index (χ1v) is 14.0. The molecule has 3 rings (SSSR count). The molecular formula is C26H51FN8O. The van der Waals surface area contributed by atoms with Gasteiger partial charge in [-0.3, -0.25) is 15.2 Å². The molecule has 0 radical (unpaired) electrons. The smallest absolute Gasteiger partial charge is 0.228 e. The Balaban J connectivity index is 1.75. The molecule has 0 bridgehead atoms. The second-order valence-electron chi connectivity index (χ2n) is 11.5. The predicted molar refractivity (Wildman–Crippen MR) is 144 cm³/mol. The van der Waals surface area contributed by atoms with Gasteiger partial charge in [-0.2, -0.15) is 0 Å². The van der Waals surface area contributed by atoms with Crippen molar-refractivity contribution in [3.05, 3.63) is 0 Å². The van der Waals surface area contributed by atoms with Crippen LogP contribution in [0.1, 0.15) is 58.8 Å². The number of carbonyl (C=O) groups excluding carboxylic acids is 1. The molecule has 0 aromatic rings. The summed E-state index contributed by atoms with van der Waals surface area (Å²) in [5, 5.41) is 9.07. The Morgan fingerprint density at radius 2 is 2.08 bits per heavy atom. The second kappa shape index (κ2) is 13.6. The van der Waals surface area contributed by atoms with Gasteiger partial charge in [0.25, 0.3) is 0 Å². The summed E-state index contributed by atoms with van der Waals surface area (Å²) in [7, 11) is 4.22. The summed E-state index contributed by atoms with van der Waals surface area (Å²) < 4.78 is 14.4. The molecule has 0 aliphatic carbocycles. The van der Waals surface area contributed by atoms with Crippen LogP contribution >= 0.6 is 0 Å². The molecule has 0 aromatic heterocycles. The number of nitrogens with one attached hydrogen (secondary N) is 3. The molecule has 208 valence electrons. The first-order valence-electron chi connectivity index (χ1n) is 14.0. The van der Waals surface area contributed by atoms with Crippen LogP contribution in [0.15, 0.2) is 4.99 Å². The summed E-state index contributed by atoms with van der Waals surface area (Å²) in [6.45, 7) is 8.86. The van der Waals surface area contributed by atoms with Crippen LogP contribution in [-0.2, 0) is 4.79 Å². The molecule has 3 aliphatic rings. The Labute approximate surface area is 217 Å². The third-order valence-corrected chi connectivity index (χ3v) is 8.66. The molecule has 3 heterocycles. The van der Waals surface area contributed by atoms with Crippen LogP contribution < -0.4 is 27.5 Å². The second-order valence-corrected chi connectivity index (χ2v) is 11.5. The van der Waals surface area contributed by atoms with Gasteiger partial charge in [0.05, 0.1) is 24.2 Å². The molecule has 36 heavy (non-hydrogen) atoms. The molecule has 7 N–H and O–H groups in total. The lowest BCUT2D eigenvalue weighted by Crippen LogP contribution is -2.64. The molecule has 7 unspecified atom stereocenters. The number of aliphatic imine (C=N–C) groups is 1. The summed E-state index contributed by atoms with van der Waals surface area (Å²) in [6, 6.07) is -0.314. The van der Waals surface area contributed by atoms with Crippen LogP contribution in [-0.4, -0.2) is 99.3 Å². The van der Waals surface area contributed by atoms with Crippen LogP contribution in [0.3, 0.4) is 0 Å². The van der Waals surface area contributed by atoms with Crippen LogP contribution in [0.5, 0.6) is 0 Å². The Hall–Kier alpha value is -1.17. The molecule has 0 spiro atoms. The summed E-state index contributed by atoms with van der Waals surface area (Å²) >= 11 is 0. The van der Waals surface area contributed by atoms with E-state index in [0.29, 0.717) is 25.3 Å². The minimum Gasteiger partial charge on any atom is -0.350 e. The van der Waals surface area contributed by atoms with Crippen molar-refractivity contribution in [1.82, 2.24) is 26.0 Å². The van der Waals surface area contributed by atoms with Gasteiger partial charge in [-0.15, -0.1) is 0 Å². The molecule has 10 heteroatoms. The highest BCUT2D eigenvalue weighted by molar-refractivity contribution is 5.81. The quantitative estimate of drug-likeness (QED) is 0.261. The van der Waals surface area contributed by atoms with Crippen molar-refractivity contribution in [2.24, 2.45) is 33.7 Å². The van der Waals surface area contributed by atoms with Gasteiger partial charge in [-0.05, 0) is 77.0 Å². The van der Waals surface area contributed by atoms with Crippen molar-refractivity contribution < 1.29 is 9.18 Å². The molecular weight excluding hydrogens is 459 g/mol. The van der Waals surface area contributed by atoms with Gasteiger partial charge in [0.15, 0.2) is 0 Å². The van der Waals surface area contributed by atoms with E-state index in [-0.39, 0.29) is 23.4 Å². The lowest BCUT2D eigenvalue weighted by molar-refractivity contribution is -0.129. The minimum atomic E-state index is -1.09. The maximum absolute atomic E-state index is 14.4. The van der Waals surface area contributed by atoms with Crippen LogP contribution in [0.4, 0.5) is 4.39 Å². The van der Waals surface area contributed by atoms with Crippen molar-refractivity contribution in [1.29, 1.82) is 0 Å². The minimum absolute atomic E-state index is 0.0709. The zero-order valence-electron chi connectivity index (χ0n) is 22.9. The monoisotopic (exact) mass is 510 g/mol. The molecule has 3 aliphatic heterocycles. The Bertz CT molecular complexity index is 722. The number of hydrogen-bond donors (Lipinski definition) is 5. The van der Waals surface area contributed by atoms with E-state index in [9.17, 15) is 9.18 Å². The largest absolute Gasteiger partial charge is 0.350 e. The molecule has 0 aromatic carbocycles. The number of carbonyl (C=O) groups is 1. The number of hydrogen-bond acceptors (Lipinski definition) is 8. The third-order valence-electron chi connectivity index (χ3n) is 8.66. The molecule has 2 fully saturated rings. The number of nitrogens with zero attached hydrogens (tertiary/aromatic N) is 3. The fourth-order valence-corrected chi connectivity index (χ4v) is 6.51. The predicted octanol–water partition coefficient (Wildman–Crippen LogP) is 0.849. The van der Waals surface area contributed by atoms with E-state index >= 15 is 0 Å². The average molecular weight is 511 g/mol. The standard InChI is InChI=1S/C26H51FN8O/c1-5-10-26(6-2)11-7-19(27)15-31-23(26)22(24(28)29)25(36)33-20-16-30-12-8-21(20)35-17-18(14-32-35)9-13-34(3)4/h15,18-24,30,32H,5-14,16-17,28-29H2,1-4H3,(H,33,36). The lowest BCUT2D eigenvalue weighted by Gasteiger charge is -2.43. The van der Waals surface area contributed by atoms with Crippen molar-refractivity contribution in [2.75, 3.05) is 46.8 Å². The summed E-state index contributed by atoms with van der Waals surface area (Å²) in [5.41, 5.74) is 15.8. The normalized spacial score (nSPS) is 34.8.